The fraction of sp³-hybridized carbons (Fsp3) is 0.100. The minimum Gasteiger partial charge on any atom is -0.478 e. The summed E-state index contributed by atoms with van der Waals surface area (Å²) in [7, 11) is 0. The van der Waals surface area contributed by atoms with Crippen molar-refractivity contribution < 1.29 is 19.1 Å². The van der Waals surface area contributed by atoms with Crippen molar-refractivity contribution in [1.82, 2.24) is 0 Å². The van der Waals surface area contributed by atoms with Crippen LogP contribution in [-0.2, 0) is 4.79 Å². The van der Waals surface area contributed by atoms with Crippen LogP contribution in [0.5, 0.6) is 0 Å². The molecule has 0 bridgehead atoms. The number of carbonyl (C=O) groups is 2. The Morgan fingerprint density at radius 1 is 1.19 bits per heavy atom. The van der Waals surface area contributed by atoms with Crippen LogP contribution in [0.4, 0.5) is 15.1 Å². The molecule has 7 heteroatoms. The Morgan fingerprint density at radius 2 is 1.89 bits per heavy atom. The molecule has 138 valence electrons. The first kappa shape index (κ1) is 19.1. The molecule has 0 aliphatic carbocycles. The van der Waals surface area contributed by atoms with Gasteiger partial charge >= 0.3 is 5.97 Å². The minimum absolute atomic E-state index is 0.00613. The van der Waals surface area contributed by atoms with E-state index in [1.165, 1.54) is 23.1 Å². The number of hydrogen-bond acceptors (Lipinski definition) is 3. The van der Waals surface area contributed by atoms with Gasteiger partial charge < -0.3 is 5.11 Å². The number of rotatable bonds is 5. The Bertz CT molecular complexity index is 1000. The number of thiophene rings is 1. The summed E-state index contributed by atoms with van der Waals surface area (Å²) < 4.78 is 13.7. The van der Waals surface area contributed by atoms with Crippen molar-refractivity contribution in [2.75, 3.05) is 4.90 Å². The topological polar surface area (TPSA) is 57.6 Å². The number of halogens is 2. The van der Waals surface area contributed by atoms with E-state index in [1.807, 2.05) is 0 Å². The Kier molecular flexibility index (Phi) is 5.58. The van der Waals surface area contributed by atoms with Crippen molar-refractivity contribution in [3.05, 3.63) is 70.3 Å². The molecule has 0 radical (unpaired) electrons. The molecule has 4 nitrogen and oxygen atoms in total. The number of carboxylic acid groups (broad SMARTS) is 1. The van der Waals surface area contributed by atoms with Crippen LogP contribution in [0.1, 0.15) is 23.7 Å². The van der Waals surface area contributed by atoms with Crippen molar-refractivity contribution in [3.8, 4) is 11.1 Å². The molecule has 1 N–H and O–H groups in total. The van der Waals surface area contributed by atoms with Crippen LogP contribution < -0.4 is 4.90 Å². The number of nitrogens with zero attached hydrogens (tertiary/aromatic N) is 1. The Morgan fingerprint density at radius 3 is 2.48 bits per heavy atom. The zero-order valence-corrected chi connectivity index (χ0v) is 15.9. The van der Waals surface area contributed by atoms with Crippen molar-refractivity contribution in [2.24, 2.45) is 0 Å². The van der Waals surface area contributed by atoms with E-state index in [0.717, 1.165) is 11.3 Å². The van der Waals surface area contributed by atoms with Gasteiger partial charge in [0.05, 0.1) is 5.69 Å². The third kappa shape index (κ3) is 3.86. The molecule has 1 heterocycles. The molecule has 0 saturated heterocycles. The molecule has 0 saturated carbocycles. The summed E-state index contributed by atoms with van der Waals surface area (Å²) in [5.74, 6) is -2.00. The highest BCUT2D eigenvalue weighted by Crippen LogP contribution is 2.41. The van der Waals surface area contributed by atoms with Gasteiger partial charge in [-0.3, -0.25) is 9.69 Å². The number of carbonyl (C=O) groups excluding carboxylic acids is 1. The lowest BCUT2D eigenvalue weighted by atomic mass is 10.0. The molecule has 0 fully saturated rings. The number of anilines is 2. The number of carboxylic acids is 1. The summed E-state index contributed by atoms with van der Waals surface area (Å²) in [6.45, 7) is 1.67. The van der Waals surface area contributed by atoms with E-state index in [2.05, 4.69) is 0 Å². The van der Waals surface area contributed by atoms with Crippen LogP contribution in [0.3, 0.4) is 0 Å². The molecule has 3 aromatic rings. The molecular weight excluding hydrogens is 389 g/mol. The molecule has 27 heavy (non-hydrogen) atoms. The fourth-order valence-corrected chi connectivity index (χ4v) is 3.95. The zero-order valence-electron chi connectivity index (χ0n) is 14.3. The molecule has 0 aliphatic rings. The van der Waals surface area contributed by atoms with E-state index in [4.69, 9.17) is 11.6 Å². The summed E-state index contributed by atoms with van der Waals surface area (Å²) in [6, 6.07) is 12.3. The largest absolute Gasteiger partial charge is 0.478 e. The predicted molar refractivity (Wildman–Crippen MR) is 106 cm³/mol. The average Bonchev–Trinajstić information content (AvgIpc) is 3.07. The summed E-state index contributed by atoms with van der Waals surface area (Å²) in [4.78, 5) is 25.9. The quantitative estimate of drug-likeness (QED) is 0.570. The van der Waals surface area contributed by atoms with Gasteiger partial charge in [0.2, 0.25) is 5.91 Å². The number of amides is 1. The molecule has 0 unspecified atom stereocenters. The van der Waals surface area contributed by atoms with Crippen LogP contribution in [0.25, 0.3) is 11.1 Å². The van der Waals surface area contributed by atoms with Crippen LogP contribution >= 0.6 is 22.9 Å². The van der Waals surface area contributed by atoms with E-state index >= 15 is 0 Å². The molecule has 0 aliphatic heterocycles. The molecule has 1 amide bonds. The number of aromatic carboxylic acids is 1. The van der Waals surface area contributed by atoms with Gasteiger partial charge in [-0.05, 0) is 35.9 Å². The standard InChI is InChI=1S/C20H15ClFNO3S/c1-2-17(24)23(15-5-3-4-14(22)10-15)19-18(20(25)26)16(11-27-19)12-6-8-13(21)9-7-12/h3-11H,2H2,1H3,(H,25,26). The van der Waals surface area contributed by atoms with E-state index in [0.29, 0.717) is 16.1 Å². The number of benzene rings is 2. The van der Waals surface area contributed by atoms with E-state index < -0.39 is 11.8 Å². The summed E-state index contributed by atoms with van der Waals surface area (Å²) >= 11 is 7.04. The lowest BCUT2D eigenvalue weighted by Gasteiger charge is -2.22. The SMILES string of the molecule is CCC(=O)N(c1cccc(F)c1)c1scc(-c2ccc(Cl)cc2)c1C(=O)O. The van der Waals surface area contributed by atoms with E-state index in [1.54, 1.807) is 42.6 Å². The zero-order chi connectivity index (χ0) is 19.6. The van der Waals surface area contributed by atoms with Gasteiger partial charge in [0.1, 0.15) is 16.4 Å². The normalized spacial score (nSPS) is 10.6. The molecule has 0 spiro atoms. The Labute approximate surface area is 164 Å². The van der Waals surface area contributed by atoms with E-state index in [-0.39, 0.29) is 28.6 Å². The highest BCUT2D eigenvalue weighted by atomic mass is 35.5. The fourth-order valence-electron chi connectivity index (χ4n) is 2.71. The third-order valence-electron chi connectivity index (χ3n) is 3.96. The maximum absolute atomic E-state index is 13.7. The summed E-state index contributed by atoms with van der Waals surface area (Å²) in [5, 5.41) is 12.3. The lowest BCUT2D eigenvalue weighted by molar-refractivity contribution is -0.117. The first-order valence-electron chi connectivity index (χ1n) is 8.11. The number of hydrogen-bond donors (Lipinski definition) is 1. The second-order valence-electron chi connectivity index (χ2n) is 5.70. The highest BCUT2D eigenvalue weighted by molar-refractivity contribution is 7.15. The third-order valence-corrected chi connectivity index (χ3v) is 5.18. The monoisotopic (exact) mass is 403 g/mol. The van der Waals surface area contributed by atoms with Crippen molar-refractivity contribution >= 4 is 45.5 Å². The second-order valence-corrected chi connectivity index (χ2v) is 7.00. The van der Waals surface area contributed by atoms with Crippen LogP contribution in [0.15, 0.2) is 53.9 Å². The maximum atomic E-state index is 13.7. The van der Waals surface area contributed by atoms with Crippen LogP contribution in [-0.4, -0.2) is 17.0 Å². The predicted octanol–water partition coefficient (Wildman–Crippen LogP) is 5.98. The van der Waals surface area contributed by atoms with Crippen molar-refractivity contribution in [1.29, 1.82) is 0 Å². The van der Waals surface area contributed by atoms with Gasteiger partial charge in [-0.15, -0.1) is 11.3 Å². The van der Waals surface area contributed by atoms with Gasteiger partial charge in [-0.2, -0.15) is 0 Å². The van der Waals surface area contributed by atoms with Crippen molar-refractivity contribution in [2.45, 2.75) is 13.3 Å². The molecule has 2 aromatic carbocycles. The molecule has 3 rings (SSSR count). The average molecular weight is 404 g/mol. The van der Waals surface area contributed by atoms with Crippen LogP contribution in [0.2, 0.25) is 5.02 Å². The van der Waals surface area contributed by atoms with E-state index in [9.17, 15) is 19.1 Å². The van der Waals surface area contributed by atoms with Gasteiger partial charge in [-0.25, -0.2) is 9.18 Å². The molecule has 0 atom stereocenters. The smallest absolute Gasteiger partial charge is 0.339 e. The van der Waals surface area contributed by atoms with Gasteiger partial charge in [0.25, 0.3) is 0 Å². The first-order valence-corrected chi connectivity index (χ1v) is 9.37. The first-order chi connectivity index (χ1) is 12.9. The van der Waals surface area contributed by atoms with Crippen LogP contribution in [0, 0.1) is 5.82 Å². The Balaban J connectivity index is 2.20. The Hall–Kier alpha value is -2.70. The van der Waals surface area contributed by atoms with Crippen molar-refractivity contribution in [3.63, 3.8) is 0 Å². The summed E-state index contributed by atoms with van der Waals surface area (Å²) in [5.41, 5.74) is 1.43. The lowest BCUT2D eigenvalue weighted by Crippen LogP contribution is -2.25. The minimum atomic E-state index is -1.17. The maximum Gasteiger partial charge on any atom is 0.339 e. The second kappa shape index (κ2) is 7.90. The summed E-state index contributed by atoms with van der Waals surface area (Å²) in [6.07, 6.45) is 0.143. The van der Waals surface area contributed by atoms with Gasteiger partial charge in [0.15, 0.2) is 0 Å². The molecule has 1 aromatic heterocycles. The van der Waals surface area contributed by atoms with Gasteiger partial charge in [0, 0.05) is 22.4 Å². The van der Waals surface area contributed by atoms with Gasteiger partial charge in [-0.1, -0.05) is 36.7 Å². The molecular formula is C20H15ClFNO3S. The highest BCUT2D eigenvalue weighted by Gasteiger charge is 2.28.